The second-order valence-electron chi connectivity index (χ2n) is 8.53. The minimum Gasteiger partial charge on any atom is -0.405 e. The Morgan fingerprint density at radius 3 is 1.81 bits per heavy atom. The molecule has 0 radical (unpaired) electrons. The van der Waals surface area contributed by atoms with E-state index in [-0.39, 0.29) is 11.6 Å². The van der Waals surface area contributed by atoms with Gasteiger partial charge in [0.05, 0.1) is 12.9 Å². The maximum absolute atomic E-state index is 11.8. The highest BCUT2D eigenvalue weighted by Gasteiger charge is 2.51. The van der Waals surface area contributed by atoms with Gasteiger partial charge in [0.15, 0.2) is 0 Å². The van der Waals surface area contributed by atoms with E-state index in [1.54, 1.807) is 0 Å². The van der Waals surface area contributed by atoms with Gasteiger partial charge in [-0.25, -0.2) is 0 Å². The van der Waals surface area contributed by atoms with Crippen LogP contribution in [0.15, 0.2) is 73.3 Å². The molecular formula is C23H32O6SSi. The van der Waals surface area contributed by atoms with Crippen LogP contribution in [0, 0.1) is 0 Å². The van der Waals surface area contributed by atoms with Crippen molar-refractivity contribution < 1.29 is 27.2 Å². The van der Waals surface area contributed by atoms with Crippen LogP contribution in [-0.4, -0.2) is 58.1 Å². The summed E-state index contributed by atoms with van der Waals surface area (Å²) in [6.45, 7) is 9.48. The molecule has 0 heterocycles. The Bertz CT molecular complexity index is 902. The maximum atomic E-state index is 11.8. The molecule has 0 aliphatic carbocycles. The first-order valence-corrected chi connectivity index (χ1v) is 13.8. The summed E-state index contributed by atoms with van der Waals surface area (Å²) in [5, 5.41) is 22.2. The van der Waals surface area contributed by atoms with Gasteiger partial charge in [-0.1, -0.05) is 87.5 Å². The van der Waals surface area contributed by atoms with Crippen molar-refractivity contribution >= 4 is 28.8 Å². The van der Waals surface area contributed by atoms with Gasteiger partial charge in [0.25, 0.3) is 18.4 Å². The molecule has 0 aromatic heterocycles. The fourth-order valence-electron chi connectivity index (χ4n) is 3.74. The van der Waals surface area contributed by atoms with Crippen LogP contribution in [0.25, 0.3) is 0 Å². The molecule has 0 fully saturated rings. The quantitative estimate of drug-likeness (QED) is 0.317. The molecule has 3 atom stereocenters. The molecule has 0 bridgehead atoms. The molecule has 2 N–H and O–H groups in total. The van der Waals surface area contributed by atoms with E-state index in [2.05, 4.69) is 27.4 Å². The van der Waals surface area contributed by atoms with Crippen molar-refractivity contribution in [3.05, 3.63) is 73.3 Å². The van der Waals surface area contributed by atoms with Crippen molar-refractivity contribution in [1.82, 2.24) is 0 Å². The van der Waals surface area contributed by atoms with Gasteiger partial charge in [-0.15, -0.1) is 6.58 Å². The molecule has 3 unspecified atom stereocenters. The van der Waals surface area contributed by atoms with Crippen LogP contribution in [0.3, 0.4) is 0 Å². The van der Waals surface area contributed by atoms with Crippen LogP contribution in [0.4, 0.5) is 0 Å². The fraction of sp³-hybridized carbons (Fsp3) is 0.391. The van der Waals surface area contributed by atoms with E-state index in [9.17, 15) is 18.6 Å². The van der Waals surface area contributed by atoms with Crippen LogP contribution in [0.1, 0.15) is 20.8 Å². The Morgan fingerprint density at radius 1 is 1.00 bits per heavy atom. The fourth-order valence-corrected chi connectivity index (χ4v) is 8.92. The first kappa shape index (κ1) is 25.4. The summed E-state index contributed by atoms with van der Waals surface area (Å²) in [7, 11) is -6.88. The van der Waals surface area contributed by atoms with Crippen molar-refractivity contribution in [2.75, 3.05) is 12.9 Å². The molecule has 0 spiro atoms. The second-order valence-corrected chi connectivity index (χ2v) is 14.4. The van der Waals surface area contributed by atoms with Gasteiger partial charge < -0.3 is 14.6 Å². The maximum Gasteiger partial charge on any atom is 0.264 e. The number of aliphatic hydroxyl groups is 2. The summed E-state index contributed by atoms with van der Waals surface area (Å²) >= 11 is 0. The van der Waals surface area contributed by atoms with E-state index in [0.717, 1.165) is 22.7 Å². The molecule has 170 valence electrons. The summed E-state index contributed by atoms with van der Waals surface area (Å²) < 4.78 is 35.4. The van der Waals surface area contributed by atoms with Crippen molar-refractivity contribution in [3.8, 4) is 0 Å². The van der Waals surface area contributed by atoms with E-state index in [1.165, 1.54) is 0 Å². The Balaban J connectivity index is 2.57. The summed E-state index contributed by atoms with van der Waals surface area (Å²) in [5.41, 5.74) is 0. The summed E-state index contributed by atoms with van der Waals surface area (Å²) in [6.07, 6.45) is -2.16. The SMILES string of the molecule is C=CC(O)C(O)C(CO[Si](c1ccccc1)(c1ccccc1)C(C)(C)C)OS(C)(=O)=O. The predicted octanol–water partition coefficient (Wildman–Crippen LogP) is 1.82. The monoisotopic (exact) mass is 464 g/mol. The zero-order valence-electron chi connectivity index (χ0n) is 18.4. The van der Waals surface area contributed by atoms with E-state index >= 15 is 0 Å². The number of hydrogen-bond donors (Lipinski definition) is 2. The van der Waals surface area contributed by atoms with E-state index in [1.807, 2.05) is 60.7 Å². The van der Waals surface area contributed by atoms with E-state index < -0.39 is 36.7 Å². The largest absolute Gasteiger partial charge is 0.405 e. The predicted molar refractivity (Wildman–Crippen MR) is 126 cm³/mol. The van der Waals surface area contributed by atoms with Gasteiger partial charge in [0, 0.05) is 0 Å². The topological polar surface area (TPSA) is 93.1 Å². The van der Waals surface area contributed by atoms with Crippen molar-refractivity contribution in [3.63, 3.8) is 0 Å². The lowest BCUT2D eigenvalue weighted by molar-refractivity contribution is -0.0439. The normalized spacial score (nSPS) is 15.8. The minimum atomic E-state index is -3.91. The molecule has 0 aliphatic rings. The van der Waals surface area contributed by atoms with Crippen molar-refractivity contribution in [2.45, 2.75) is 44.1 Å². The van der Waals surface area contributed by atoms with Crippen molar-refractivity contribution in [2.24, 2.45) is 0 Å². The van der Waals surface area contributed by atoms with Gasteiger partial charge in [-0.2, -0.15) is 8.42 Å². The number of benzene rings is 2. The molecule has 2 rings (SSSR count). The lowest BCUT2D eigenvalue weighted by atomic mass is 10.1. The Kier molecular flexibility index (Phi) is 8.38. The Labute approximate surface area is 186 Å². The summed E-state index contributed by atoms with van der Waals surface area (Å²) in [6, 6.07) is 19.6. The molecule has 8 heteroatoms. The zero-order chi connectivity index (χ0) is 23.3. The number of aliphatic hydroxyl groups excluding tert-OH is 2. The smallest absolute Gasteiger partial charge is 0.264 e. The molecule has 2 aromatic rings. The summed E-state index contributed by atoms with van der Waals surface area (Å²) in [5.74, 6) is 0. The van der Waals surface area contributed by atoms with Gasteiger partial charge in [-0.05, 0) is 15.4 Å². The zero-order valence-corrected chi connectivity index (χ0v) is 20.2. The third kappa shape index (κ3) is 6.12. The van der Waals surface area contributed by atoms with Crippen LogP contribution < -0.4 is 10.4 Å². The first-order valence-electron chi connectivity index (χ1n) is 10.0. The molecule has 31 heavy (non-hydrogen) atoms. The molecule has 0 amide bonds. The Hall–Kier alpha value is -1.81. The minimum absolute atomic E-state index is 0.230. The lowest BCUT2D eigenvalue weighted by Gasteiger charge is -2.44. The van der Waals surface area contributed by atoms with E-state index in [0.29, 0.717) is 0 Å². The third-order valence-electron chi connectivity index (χ3n) is 5.15. The molecule has 6 nitrogen and oxygen atoms in total. The highest BCUT2D eigenvalue weighted by molar-refractivity contribution is 7.86. The highest BCUT2D eigenvalue weighted by atomic mass is 32.2. The summed E-state index contributed by atoms with van der Waals surface area (Å²) in [4.78, 5) is 0. The lowest BCUT2D eigenvalue weighted by Crippen LogP contribution is -2.67. The molecular weight excluding hydrogens is 432 g/mol. The number of hydrogen-bond acceptors (Lipinski definition) is 6. The molecule has 0 saturated carbocycles. The standard InChI is InChI=1S/C23H32O6SSi/c1-6-20(24)22(25)21(29-30(5,26)27)17-28-31(23(2,3)4,18-13-9-7-10-14-18)19-15-11-8-12-16-19/h6-16,20-22,24-25H,1,17H2,2-5H3. The first-order chi connectivity index (χ1) is 14.4. The van der Waals surface area contributed by atoms with Crippen LogP contribution in [0.2, 0.25) is 5.04 Å². The second kappa shape index (κ2) is 10.2. The third-order valence-corrected chi connectivity index (χ3v) is 10.8. The van der Waals surface area contributed by atoms with Gasteiger partial charge >= 0.3 is 0 Å². The van der Waals surface area contributed by atoms with E-state index in [4.69, 9.17) is 8.61 Å². The van der Waals surface area contributed by atoms with Gasteiger partial charge in [-0.3, -0.25) is 4.18 Å². The van der Waals surface area contributed by atoms with Crippen LogP contribution >= 0.6 is 0 Å². The average Bonchev–Trinajstić information content (AvgIpc) is 2.72. The van der Waals surface area contributed by atoms with Gasteiger partial charge in [0.2, 0.25) is 0 Å². The highest BCUT2D eigenvalue weighted by Crippen LogP contribution is 2.37. The van der Waals surface area contributed by atoms with Crippen LogP contribution in [0.5, 0.6) is 0 Å². The van der Waals surface area contributed by atoms with Crippen molar-refractivity contribution in [1.29, 1.82) is 0 Å². The average molecular weight is 465 g/mol. The Morgan fingerprint density at radius 2 is 1.45 bits per heavy atom. The molecule has 0 aliphatic heterocycles. The van der Waals surface area contributed by atoms with Crippen LogP contribution in [-0.2, 0) is 18.7 Å². The number of rotatable bonds is 10. The molecule has 0 saturated heterocycles. The van der Waals surface area contributed by atoms with Gasteiger partial charge in [0.1, 0.15) is 18.3 Å². The molecule has 2 aromatic carbocycles.